The van der Waals surface area contributed by atoms with E-state index in [1.165, 1.54) is 12.1 Å². The van der Waals surface area contributed by atoms with Gasteiger partial charge in [-0.15, -0.1) is 0 Å². The third-order valence-electron chi connectivity index (χ3n) is 6.12. The van der Waals surface area contributed by atoms with Crippen LogP contribution in [0.1, 0.15) is 43.7 Å². The molecule has 1 aliphatic heterocycles. The predicted octanol–water partition coefficient (Wildman–Crippen LogP) is 5.95. The number of nitrogens with zero attached hydrogens (tertiary/aromatic N) is 2. The maximum absolute atomic E-state index is 13.4. The minimum atomic E-state index is -0.419. The van der Waals surface area contributed by atoms with Gasteiger partial charge in [-0.1, -0.05) is 41.9 Å². The lowest BCUT2D eigenvalue weighted by molar-refractivity contribution is -0.384. The normalized spacial score (nSPS) is 19.2. The summed E-state index contributed by atoms with van der Waals surface area (Å²) in [6, 6.07) is 14.3. The Bertz CT molecular complexity index is 1290. The zero-order valence-electron chi connectivity index (χ0n) is 17.6. The van der Waals surface area contributed by atoms with Gasteiger partial charge in [-0.25, -0.2) is 0 Å². The first kappa shape index (κ1) is 20.6. The molecule has 32 heavy (non-hydrogen) atoms. The van der Waals surface area contributed by atoms with Crippen LogP contribution in [0.25, 0.3) is 11.3 Å². The average molecular weight is 493 g/mol. The van der Waals surface area contributed by atoms with Gasteiger partial charge in [-0.3, -0.25) is 20.0 Å². The van der Waals surface area contributed by atoms with Gasteiger partial charge >= 0.3 is 0 Å². The van der Waals surface area contributed by atoms with Gasteiger partial charge in [-0.2, -0.15) is 5.10 Å². The molecule has 5 rings (SSSR count). The Morgan fingerprint density at radius 3 is 2.59 bits per heavy atom. The topological polar surface area (TPSA) is 101 Å². The van der Waals surface area contributed by atoms with Crippen LogP contribution in [0, 0.1) is 15.5 Å². The molecule has 0 bridgehead atoms. The van der Waals surface area contributed by atoms with E-state index in [1.807, 2.05) is 24.3 Å². The lowest BCUT2D eigenvalue weighted by atomic mass is 9.69. The Hall–Kier alpha value is -3.26. The van der Waals surface area contributed by atoms with Crippen molar-refractivity contribution in [1.82, 2.24) is 10.2 Å². The van der Waals surface area contributed by atoms with Crippen LogP contribution in [-0.2, 0) is 4.79 Å². The number of nitro groups is 1. The van der Waals surface area contributed by atoms with Crippen LogP contribution < -0.4 is 5.32 Å². The third-order valence-corrected chi connectivity index (χ3v) is 6.61. The molecule has 0 fully saturated rings. The maximum atomic E-state index is 13.4. The Balaban J connectivity index is 1.71. The molecule has 1 aliphatic carbocycles. The lowest BCUT2D eigenvalue weighted by Crippen LogP contribution is -2.33. The number of carbonyl (C=O) groups excluding carboxylic acids is 1. The van der Waals surface area contributed by atoms with Crippen molar-refractivity contribution >= 4 is 33.2 Å². The summed E-state index contributed by atoms with van der Waals surface area (Å²) in [6.07, 6.45) is 1.25. The number of fused-ring (bicyclic) bond motifs is 1. The number of Topliss-reactive ketones (excluding diaryl/α,β-unsaturated/α-hetero) is 1. The Morgan fingerprint density at radius 1 is 1.16 bits per heavy atom. The molecule has 1 atom stereocenters. The Kier molecular flexibility index (Phi) is 4.78. The minimum Gasteiger partial charge on any atom is -0.342 e. The lowest BCUT2D eigenvalue weighted by Gasteiger charge is -2.38. The zero-order chi connectivity index (χ0) is 22.6. The van der Waals surface area contributed by atoms with E-state index in [0.29, 0.717) is 12.2 Å². The summed E-state index contributed by atoms with van der Waals surface area (Å²) in [7, 11) is 0. The largest absolute Gasteiger partial charge is 0.342 e. The van der Waals surface area contributed by atoms with Crippen LogP contribution in [0.3, 0.4) is 0 Å². The molecular weight excluding hydrogens is 472 g/mol. The second-order valence-electron chi connectivity index (χ2n) is 9.11. The van der Waals surface area contributed by atoms with Crippen LogP contribution in [0.5, 0.6) is 0 Å². The molecule has 7 nitrogen and oxygen atoms in total. The quantitative estimate of drug-likeness (QED) is 0.347. The standard InChI is InChI=1S/C24H21BrN4O3/c1-24(2)11-17-20(18(30)12-24)19(14-4-3-5-15(25)10-14)21-22(27-28-23(21)26-17)13-6-8-16(9-7-13)29(31)32/h3-10,19H,11-12H2,1-2H3,(H2,26,27,28)/t19-/m1/s1. The summed E-state index contributed by atoms with van der Waals surface area (Å²) in [6.45, 7) is 4.21. The molecule has 3 aromatic rings. The fourth-order valence-electron chi connectivity index (χ4n) is 4.78. The maximum Gasteiger partial charge on any atom is 0.269 e. The SMILES string of the molecule is CC1(C)CC(=O)C2=C(C1)Nc1n[nH]c(-c3ccc([N+](=O)[O-])cc3)c1[C@@H]2c1cccc(Br)c1. The van der Waals surface area contributed by atoms with Crippen LogP contribution in [-0.4, -0.2) is 20.9 Å². The molecule has 2 heterocycles. The molecule has 162 valence electrons. The van der Waals surface area contributed by atoms with E-state index in [0.717, 1.165) is 44.5 Å². The summed E-state index contributed by atoms with van der Waals surface area (Å²) in [5.74, 6) is 0.536. The first-order chi connectivity index (χ1) is 15.2. The molecular formula is C24H21BrN4O3. The second kappa shape index (κ2) is 7.41. The molecule has 2 aromatic carbocycles. The van der Waals surface area contributed by atoms with Gasteiger partial charge in [0.05, 0.1) is 10.6 Å². The molecule has 0 amide bonds. The monoisotopic (exact) mass is 492 g/mol. The van der Waals surface area contributed by atoms with Gasteiger partial charge in [0.15, 0.2) is 11.6 Å². The number of nitrogens with one attached hydrogen (secondary N) is 2. The number of nitro benzene ring substituents is 1. The van der Waals surface area contributed by atoms with Crippen molar-refractivity contribution in [1.29, 1.82) is 0 Å². The number of benzene rings is 2. The van der Waals surface area contributed by atoms with Crippen molar-refractivity contribution in [3.8, 4) is 11.3 Å². The molecule has 1 aromatic heterocycles. The number of H-pyrrole nitrogens is 1. The number of carbonyl (C=O) groups is 1. The number of hydrogen-bond donors (Lipinski definition) is 2. The summed E-state index contributed by atoms with van der Waals surface area (Å²) >= 11 is 3.56. The Morgan fingerprint density at radius 2 is 1.91 bits per heavy atom. The van der Waals surface area contributed by atoms with Gasteiger partial charge in [0.25, 0.3) is 5.69 Å². The van der Waals surface area contributed by atoms with E-state index in [4.69, 9.17) is 0 Å². The van der Waals surface area contributed by atoms with Crippen molar-refractivity contribution in [3.05, 3.63) is 85.5 Å². The van der Waals surface area contributed by atoms with Crippen molar-refractivity contribution in [2.45, 2.75) is 32.6 Å². The predicted molar refractivity (Wildman–Crippen MR) is 125 cm³/mol. The first-order valence-electron chi connectivity index (χ1n) is 10.4. The number of non-ortho nitro benzene ring substituents is 1. The molecule has 0 radical (unpaired) electrons. The van der Waals surface area contributed by atoms with Crippen LogP contribution in [0.4, 0.5) is 11.5 Å². The summed E-state index contributed by atoms with van der Waals surface area (Å²) in [5, 5.41) is 22.1. The van der Waals surface area contributed by atoms with Gasteiger partial charge in [0.2, 0.25) is 0 Å². The number of hydrogen-bond acceptors (Lipinski definition) is 5. The smallest absolute Gasteiger partial charge is 0.269 e. The molecule has 2 N–H and O–H groups in total. The highest BCUT2D eigenvalue weighted by Gasteiger charge is 2.42. The minimum absolute atomic E-state index is 0.0264. The molecule has 0 saturated heterocycles. The summed E-state index contributed by atoms with van der Waals surface area (Å²) in [5.41, 5.74) is 4.99. The number of aromatic nitrogens is 2. The summed E-state index contributed by atoms with van der Waals surface area (Å²) < 4.78 is 0.932. The Labute approximate surface area is 193 Å². The number of rotatable bonds is 3. The molecule has 0 unspecified atom stereocenters. The van der Waals surface area contributed by atoms with Crippen molar-refractivity contribution in [2.75, 3.05) is 5.32 Å². The average Bonchev–Trinajstić information content (AvgIpc) is 3.15. The highest BCUT2D eigenvalue weighted by molar-refractivity contribution is 9.10. The number of allylic oxidation sites excluding steroid dienone is 2. The van der Waals surface area contributed by atoms with E-state index in [2.05, 4.69) is 45.3 Å². The van der Waals surface area contributed by atoms with E-state index >= 15 is 0 Å². The van der Waals surface area contributed by atoms with Crippen LogP contribution >= 0.6 is 15.9 Å². The van der Waals surface area contributed by atoms with E-state index in [-0.39, 0.29) is 22.8 Å². The van der Waals surface area contributed by atoms with Crippen LogP contribution in [0.2, 0.25) is 0 Å². The van der Waals surface area contributed by atoms with Crippen molar-refractivity contribution < 1.29 is 9.72 Å². The molecule has 0 saturated carbocycles. The van der Waals surface area contributed by atoms with Gasteiger partial charge in [0, 0.05) is 51.3 Å². The van der Waals surface area contributed by atoms with E-state index < -0.39 is 4.92 Å². The second-order valence-corrected chi connectivity index (χ2v) is 10.0. The highest BCUT2D eigenvalue weighted by atomic mass is 79.9. The van der Waals surface area contributed by atoms with Gasteiger partial charge in [0.1, 0.15) is 0 Å². The van der Waals surface area contributed by atoms with E-state index in [9.17, 15) is 14.9 Å². The fraction of sp³-hybridized carbons (Fsp3) is 0.250. The number of aromatic amines is 1. The molecule has 8 heteroatoms. The first-order valence-corrected chi connectivity index (χ1v) is 11.1. The van der Waals surface area contributed by atoms with Crippen molar-refractivity contribution in [2.24, 2.45) is 5.41 Å². The van der Waals surface area contributed by atoms with Gasteiger partial charge < -0.3 is 5.32 Å². The third kappa shape index (κ3) is 3.44. The molecule has 0 spiro atoms. The number of ketones is 1. The molecule has 2 aliphatic rings. The van der Waals surface area contributed by atoms with Crippen LogP contribution in [0.15, 0.2) is 64.3 Å². The number of anilines is 1. The number of halogens is 1. The summed E-state index contributed by atoms with van der Waals surface area (Å²) in [4.78, 5) is 24.1. The van der Waals surface area contributed by atoms with Gasteiger partial charge in [-0.05, 0) is 41.7 Å². The highest BCUT2D eigenvalue weighted by Crippen LogP contribution is 2.51. The van der Waals surface area contributed by atoms with E-state index in [1.54, 1.807) is 12.1 Å². The zero-order valence-corrected chi connectivity index (χ0v) is 19.2. The van der Waals surface area contributed by atoms with Crippen molar-refractivity contribution in [3.63, 3.8) is 0 Å². The fourth-order valence-corrected chi connectivity index (χ4v) is 5.20.